The van der Waals surface area contributed by atoms with Gasteiger partial charge in [-0.2, -0.15) is 0 Å². The second-order valence-corrected chi connectivity index (χ2v) is 5.29. The lowest BCUT2D eigenvalue weighted by Crippen LogP contribution is -2.11. The summed E-state index contributed by atoms with van der Waals surface area (Å²) in [6, 6.07) is 0. The van der Waals surface area contributed by atoms with Crippen LogP contribution in [0.1, 0.15) is 84.5 Å². The highest BCUT2D eigenvalue weighted by atomic mass is 16.5. The molecule has 0 aromatic heterocycles. The van der Waals surface area contributed by atoms with Crippen LogP contribution in [0.3, 0.4) is 0 Å². The maximum atomic E-state index is 6.00. The van der Waals surface area contributed by atoms with E-state index in [0.29, 0.717) is 6.10 Å². The first-order valence-corrected chi connectivity index (χ1v) is 7.70. The summed E-state index contributed by atoms with van der Waals surface area (Å²) in [6.07, 6.45) is 17.1. The molecule has 0 heterocycles. The lowest BCUT2D eigenvalue weighted by atomic mass is 9.99. The van der Waals surface area contributed by atoms with E-state index in [1.54, 1.807) is 0 Å². The molecule has 0 saturated heterocycles. The molecule has 0 spiro atoms. The van der Waals surface area contributed by atoms with Crippen molar-refractivity contribution >= 4 is 0 Å². The van der Waals surface area contributed by atoms with Crippen molar-refractivity contribution in [2.75, 3.05) is 0 Å². The zero-order valence-corrected chi connectivity index (χ0v) is 11.8. The second-order valence-electron chi connectivity index (χ2n) is 5.29. The van der Waals surface area contributed by atoms with E-state index in [1.165, 1.54) is 63.4 Å². The first kappa shape index (κ1) is 14.6. The van der Waals surface area contributed by atoms with Crippen LogP contribution < -0.4 is 0 Å². The Balaban J connectivity index is 2.34. The third kappa shape index (κ3) is 6.75. The average Bonchev–Trinajstić information content (AvgIpc) is 2.38. The zero-order chi connectivity index (χ0) is 12.3. The number of allylic oxidation sites excluding steroid dienone is 1. The largest absolute Gasteiger partial charge is 0.498 e. The highest BCUT2D eigenvalue weighted by molar-refractivity contribution is 4.95. The van der Waals surface area contributed by atoms with Crippen LogP contribution in [0.4, 0.5) is 0 Å². The summed E-state index contributed by atoms with van der Waals surface area (Å²) in [4.78, 5) is 0. The number of rotatable bonds is 4. The molecule has 0 aromatic rings. The normalized spacial score (nSPS) is 19.6. The van der Waals surface area contributed by atoms with Crippen molar-refractivity contribution < 1.29 is 4.74 Å². The molecule has 100 valence electrons. The van der Waals surface area contributed by atoms with E-state index < -0.39 is 0 Å². The molecule has 0 N–H and O–H groups in total. The van der Waals surface area contributed by atoms with Gasteiger partial charge in [0.1, 0.15) is 0 Å². The standard InChI is InChI=1S/C16H30O/c1-3-15(4-2)14-17-16-12-10-8-6-5-7-9-11-13-16/h14,16H,3-13H2,1-2H3. The summed E-state index contributed by atoms with van der Waals surface area (Å²) < 4.78 is 6.00. The summed E-state index contributed by atoms with van der Waals surface area (Å²) in [5.41, 5.74) is 1.45. The van der Waals surface area contributed by atoms with Crippen molar-refractivity contribution in [3.05, 3.63) is 11.8 Å². The maximum absolute atomic E-state index is 6.00. The highest BCUT2D eigenvalue weighted by Crippen LogP contribution is 2.20. The molecule has 0 radical (unpaired) electrons. The molecular formula is C16H30O. The van der Waals surface area contributed by atoms with Crippen molar-refractivity contribution in [2.45, 2.75) is 90.6 Å². The van der Waals surface area contributed by atoms with E-state index in [2.05, 4.69) is 20.1 Å². The second kappa shape index (κ2) is 9.56. The summed E-state index contributed by atoms with van der Waals surface area (Å²) in [7, 11) is 0. The molecule has 0 bridgehead atoms. The molecular weight excluding hydrogens is 208 g/mol. The van der Waals surface area contributed by atoms with E-state index in [4.69, 9.17) is 4.74 Å². The van der Waals surface area contributed by atoms with Gasteiger partial charge in [0.2, 0.25) is 0 Å². The summed E-state index contributed by atoms with van der Waals surface area (Å²) in [5, 5.41) is 0. The van der Waals surface area contributed by atoms with E-state index in [9.17, 15) is 0 Å². The first-order valence-electron chi connectivity index (χ1n) is 7.70. The van der Waals surface area contributed by atoms with Gasteiger partial charge in [0.05, 0.1) is 12.4 Å². The van der Waals surface area contributed by atoms with Gasteiger partial charge in [-0.15, -0.1) is 0 Å². The van der Waals surface area contributed by atoms with Crippen LogP contribution in [0.5, 0.6) is 0 Å². The molecule has 1 aliphatic rings. The Hall–Kier alpha value is -0.460. The van der Waals surface area contributed by atoms with Gasteiger partial charge in [0.15, 0.2) is 0 Å². The highest BCUT2D eigenvalue weighted by Gasteiger charge is 2.09. The Bertz CT molecular complexity index is 192. The van der Waals surface area contributed by atoms with Crippen molar-refractivity contribution in [3.8, 4) is 0 Å². The lowest BCUT2D eigenvalue weighted by molar-refractivity contribution is 0.117. The molecule has 1 rings (SSSR count). The predicted molar refractivity (Wildman–Crippen MR) is 75.1 cm³/mol. The van der Waals surface area contributed by atoms with E-state index >= 15 is 0 Å². The molecule has 17 heavy (non-hydrogen) atoms. The van der Waals surface area contributed by atoms with Crippen LogP contribution in [0, 0.1) is 0 Å². The molecule has 1 heteroatoms. The quantitative estimate of drug-likeness (QED) is 0.579. The fraction of sp³-hybridized carbons (Fsp3) is 0.875. The minimum atomic E-state index is 0.487. The maximum Gasteiger partial charge on any atom is 0.0978 e. The van der Waals surface area contributed by atoms with E-state index in [0.717, 1.165) is 12.8 Å². The SMILES string of the molecule is CCC(=COC1CCCCCCCCC1)CC. The van der Waals surface area contributed by atoms with E-state index in [-0.39, 0.29) is 0 Å². The monoisotopic (exact) mass is 238 g/mol. The molecule has 0 unspecified atom stereocenters. The van der Waals surface area contributed by atoms with Gasteiger partial charge in [-0.05, 0) is 44.1 Å². The summed E-state index contributed by atoms with van der Waals surface area (Å²) in [5.74, 6) is 0. The zero-order valence-electron chi connectivity index (χ0n) is 11.8. The van der Waals surface area contributed by atoms with Gasteiger partial charge in [-0.3, -0.25) is 0 Å². The molecule has 0 aromatic carbocycles. The van der Waals surface area contributed by atoms with Gasteiger partial charge < -0.3 is 4.74 Å². The van der Waals surface area contributed by atoms with Gasteiger partial charge in [-0.1, -0.05) is 46.0 Å². The summed E-state index contributed by atoms with van der Waals surface area (Å²) in [6.45, 7) is 4.43. The topological polar surface area (TPSA) is 9.23 Å². The van der Waals surface area contributed by atoms with Crippen LogP contribution in [-0.4, -0.2) is 6.10 Å². The van der Waals surface area contributed by atoms with Crippen LogP contribution in [0.2, 0.25) is 0 Å². The number of hydrogen-bond acceptors (Lipinski definition) is 1. The minimum absolute atomic E-state index is 0.487. The molecule has 1 nitrogen and oxygen atoms in total. The Morgan fingerprint density at radius 3 is 1.82 bits per heavy atom. The molecule has 0 aliphatic heterocycles. The van der Waals surface area contributed by atoms with Crippen molar-refractivity contribution in [1.82, 2.24) is 0 Å². The first-order chi connectivity index (χ1) is 8.36. The van der Waals surface area contributed by atoms with E-state index in [1.807, 2.05) is 0 Å². The Morgan fingerprint density at radius 1 is 0.882 bits per heavy atom. The minimum Gasteiger partial charge on any atom is -0.498 e. The van der Waals surface area contributed by atoms with Crippen LogP contribution >= 0.6 is 0 Å². The predicted octanol–water partition coefficient (Wildman–Crippen LogP) is 5.60. The fourth-order valence-corrected chi connectivity index (χ4v) is 2.52. The summed E-state index contributed by atoms with van der Waals surface area (Å²) >= 11 is 0. The van der Waals surface area contributed by atoms with Gasteiger partial charge in [0, 0.05) is 0 Å². The Kier molecular flexibility index (Phi) is 8.21. The van der Waals surface area contributed by atoms with Crippen molar-refractivity contribution in [1.29, 1.82) is 0 Å². The lowest BCUT2D eigenvalue weighted by Gasteiger charge is -2.19. The smallest absolute Gasteiger partial charge is 0.0978 e. The molecule has 0 atom stereocenters. The Labute approximate surface area is 108 Å². The van der Waals surface area contributed by atoms with Crippen molar-refractivity contribution in [3.63, 3.8) is 0 Å². The van der Waals surface area contributed by atoms with Gasteiger partial charge in [-0.25, -0.2) is 0 Å². The Morgan fingerprint density at radius 2 is 1.35 bits per heavy atom. The fourth-order valence-electron chi connectivity index (χ4n) is 2.52. The van der Waals surface area contributed by atoms with Gasteiger partial charge >= 0.3 is 0 Å². The molecule has 1 saturated carbocycles. The third-order valence-corrected chi connectivity index (χ3v) is 3.89. The van der Waals surface area contributed by atoms with Crippen LogP contribution in [-0.2, 0) is 4.74 Å². The molecule has 1 aliphatic carbocycles. The third-order valence-electron chi connectivity index (χ3n) is 3.89. The van der Waals surface area contributed by atoms with Crippen molar-refractivity contribution in [2.24, 2.45) is 0 Å². The van der Waals surface area contributed by atoms with Crippen LogP contribution in [0.15, 0.2) is 11.8 Å². The average molecular weight is 238 g/mol. The number of ether oxygens (including phenoxy) is 1. The molecule has 1 fully saturated rings. The van der Waals surface area contributed by atoms with Crippen LogP contribution in [0.25, 0.3) is 0 Å². The molecule has 0 amide bonds. The number of hydrogen-bond donors (Lipinski definition) is 0. The van der Waals surface area contributed by atoms with Gasteiger partial charge in [0.25, 0.3) is 0 Å².